The lowest BCUT2D eigenvalue weighted by Crippen LogP contribution is -2.37. The molecule has 1 saturated heterocycles. The number of hydrogen-bond acceptors (Lipinski definition) is 9. The lowest BCUT2D eigenvalue weighted by atomic mass is 9.87. The van der Waals surface area contributed by atoms with Gasteiger partial charge in [-0.2, -0.15) is 0 Å². The van der Waals surface area contributed by atoms with Crippen molar-refractivity contribution in [2.75, 3.05) is 12.8 Å². The molecule has 10 nitrogen and oxygen atoms in total. The van der Waals surface area contributed by atoms with E-state index in [2.05, 4.69) is 35.7 Å². The van der Waals surface area contributed by atoms with Crippen molar-refractivity contribution >= 4 is 35.5 Å². The molecule has 2 aromatic heterocycles. The van der Waals surface area contributed by atoms with Gasteiger partial charge in [-0.25, -0.2) is 15.0 Å². The molecule has 0 saturated carbocycles. The topological polar surface area (TPSA) is 127 Å². The monoisotopic (exact) mass is 473 g/mol. The number of nitrogen functional groups attached to an aromatic ring is 1. The van der Waals surface area contributed by atoms with Crippen molar-refractivity contribution in [1.82, 2.24) is 19.5 Å². The van der Waals surface area contributed by atoms with Crippen LogP contribution in [0.15, 0.2) is 12.7 Å². The smallest absolute Gasteiger partial charge is 0.325 e. The summed E-state index contributed by atoms with van der Waals surface area (Å²) < 4.78 is 25.6. The van der Waals surface area contributed by atoms with E-state index < -0.39 is 36.9 Å². The van der Waals surface area contributed by atoms with Crippen LogP contribution in [0, 0.1) is 5.41 Å². The van der Waals surface area contributed by atoms with Gasteiger partial charge in [0.2, 0.25) is 0 Å². The summed E-state index contributed by atoms with van der Waals surface area (Å²) in [6.07, 6.45) is 1.31. The summed E-state index contributed by atoms with van der Waals surface area (Å²) in [7, 11) is 1.56. The van der Waals surface area contributed by atoms with Gasteiger partial charge in [-0.3, -0.25) is 9.09 Å². The zero-order chi connectivity index (χ0) is 23.2. The number of anilines is 1. The highest BCUT2D eigenvalue weighted by molar-refractivity contribution is 8.07. The Morgan fingerprint density at radius 1 is 1.19 bits per heavy atom. The van der Waals surface area contributed by atoms with E-state index in [1.807, 2.05) is 20.8 Å². The molecule has 3 N–H and O–H groups in total. The number of methoxy groups -OCH3 is 1. The summed E-state index contributed by atoms with van der Waals surface area (Å²) >= 11 is 5.31. The van der Waals surface area contributed by atoms with Crippen molar-refractivity contribution in [2.24, 2.45) is 5.41 Å². The second kappa shape index (κ2) is 8.62. The first kappa shape index (κ1) is 24.4. The van der Waals surface area contributed by atoms with Gasteiger partial charge in [0, 0.05) is 7.11 Å². The predicted octanol–water partition coefficient (Wildman–Crippen LogP) is 3.17. The molecule has 1 aliphatic heterocycles. The quantitative estimate of drug-likeness (QED) is 0.604. The van der Waals surface area contributed by atoms with Crippen LogP contribution in [-0.2, 0) is 30.3 Å². The van der Waals surface area contributed by atoms with Crippen molar-refractivity contribution in [3.8, 4) is 0 Å². The number of fused-ring (bicyclic) bond motifs is 1. The molecule has 0 spiro atoms. The van der Waals surface area contributed by atoms with Crippen molar-refractivity contribution in [2.45, 2.75) is 78.1 Å². The van der Waals surface area contributed by atoms with Crippen LogP contribution in [0.2, 0.25) is 0 Å². The van der Waals surface area contributed by atoms with E-state index in [0.29, 0.717) is 17.6 Å². The molecule has 0 radical (unpaired) electrons. The zero-order valence-electron chi connectivity index (χ0n) is 19.0. The molecule has 5 atom stereocenters. The molecule has 0 amide bonds. The summed E-state index contributed by atoms with van der Waals surface area (Å²) in [5, 5.41) is 0. The molecule has 1 fully saturated rings. The van der Waals surface area contributed by atoms with Gasteiger partial charge in [0.05, 0.1) is 18.0 Å². The molecule has 0 bridgehead atoms. The Morgan fingerprint density at radius 3 is 2.45 bits per heavy atom. The van der Waals surface area contributed by atoms with E-state index in [0.717, 1.165) is 0 Å². The van der Waals surface area contributed by atoms with Crippen molar-refractivity contribution in [3.05, 3.63) is 12.7 Å². The molecule has 3 heterocycles. The van der Waals surface area contributed by atoms with Crippen LogP contribution in [0.4, 0.5) is 5.82 Å². The van der Waals surface area contributed by atoms with E-state index in [1.54, 1.807) is 18.0 Å². The summed E-state index contributed by atoms with van der Waals surface area (Å²) in [6, 6.07) is 0. The predicted molar refractivity (Wildman–Crippen MR) is 121 cm³/mol. The van der Waals surface area contributed by atoms with Gasteiger partial charge in [-0.1, -0.05) is 20.8 Å². The van der Waals surface area contributed by atoms with E-state index in [4.69, 9.17) is 36.1 Å². The van der Waals surface area contributed by atoms with Gasteiger partial charge in [0.25, 0.3) is 0 Å². The van der Waals surface area contributed by atoms with Crippen LogP contribution in [-0.4, -0.2) is 55.4 Å². The first-order chi connectivity index (χ1) is 14.2. The summed E-state index contributed by atoms with van der Waals surface area (Å²) in [6.45, 7) is 8.16. The van der Waals surface area contributed by atoms with Crippen molar-refractivity contribution in [3.63, 3.8) is 0 Å². The molecule has 174 valence electrons. The van der Waals surface area contributed by atoms with Gasteiger partial charge in [-0.15, -0.1) is 0 Å². The Labute approximate surface area is 187 Å². The van der Waals surface area contributed by atoms with Gasteiger partial charge in [0.1, 0.15) is 24.1 Å². The maximum Gasteiger partial charge on any atom is 0.325 e. The number of aromatic nitrogens is 4. The number of nitrogens with two attached hydrogens (primary N) is 1. The summed E-state index contributed by atoms with van der Waals surface area (Å²) in [5.74, 6) is 0.277. The Balaban J connectivity index is 1.99. The second-order valence-corrected chi connectivity index (χ2v) is 12.6. The molecule has 3 unspecified atom stereocenters. The minimum Gasteiger partial charge on any atom is -0.382 e. The maximum atomic E-state index is 10.8. The van der Waals surface area contributed by atoms with E-state index in [9.17, 15) is 4.89 Å². The third-order valence-electron chi connectivity index (χ3n) is 4.68. The Morgan fingerprint density at radius 2 is 1.87 bits per heavy atom. The maximum absolute atomic E-state index is 10.8. The van der Waals surface area contributed by atoms with Crippen LogP contribution >= 0.6 is 6.72 Å². The lowest BCUT2D eigenvalue weighted by Gasteiger charge is -2.32. The minimum atomic E-state index is -3.57. The number of rotatable bonds is 6. The minimum absolute atomic E-state index is 0.0774. The number of hydrogen-bond donors (Lipinski definition) is 2. The van der Waals surface area contributed by atoms with E-state index in [-0.39, 0.29) is 11.2 Å². The van der Waals surface area contributed by atoms with E-state index in [1.165, 1.54) is 6.33 Å². The van der Waals surface area contributed by atoms with E-state index >= 15 is 0 Å². The lowest BCUT2D eigenvalue weighted by molar-refractivity contribution is -0.0549. The largest absolute Gasteiger partial charge is 0.382 e. The third-order valence-corrected chi connectivity index (χ3v) is 6.45. The fourth-order valence-corrected chi connectivity index (χ4v) is 5.92. The average molecular weight is 474 g/mol. The van der Waals surface area contributed by atoms with Gasteiger partial charge < -0.3 is 24.6 Å². The Bertz CT molecular complexity index is 973. The second-order valence-electron chi connectivity index (χ2n) is 9.86. The standard InChI is InChI=1S/C19H32N5O5PS/c1-18(2,3)8-11-13(28-30(25,31)29-19(4,5)6)14(26-7)17(27-11)24-10-23-12-15(20)21-9-22-16(12)24/h9-11,13-14,17H,8H2,1-7H3,(H,25,31)(H2,20,21,22)/t11-,13?,14?,17-,30?/m1/s1. The van der Waals surface area contributed by atoms with Crippen LogP contribution in [0.3, 0.4) is 0 Å². The zero-order valence-corrected chi connectivity index (χ0v) is 20.7. The average Bonchev–Trinajstić information content (AvgIpc) is 3.13. The number of nitrogens with zero attached hydrogens (tertiary/aromatic N) is 4. The van der Waals surface area contributed by atoms with Crippen LogP contribution in [0.5, 0.6) is 0 Å². The first-order valence-electron chi connectivity index (χ1n) is 10.0. The Kier molecular flexibility index (Phi) is 6.80. The number of imidazole rings is 1. The van der Waals surface area contributed by atoms with Crippen molar-refractivity contribution < 1.29 is 23.4 Å². The molecular weight excluding hydrogens is 441 g/mol. The summed E-state index contributed by atoms with van der Waals surface area (Å²) in [4.78, 5) is 23.4. The fourth-order valence-electron chi connectivity index (χ4n) is 3.66. The normalized spacial score (nSPS) is 27.0. The van der Waals surface area contributed by atoms with Gasteiger partial charge in [-0.05, 0) is 44.4 Å². The third kappa shape index (κ3) is 5.78. The Hall–Kier alpha value is -1.20. The highest BCUT2D eigenvalue weighted by Gasteiger charge is 2.50. The summed E-state index contributed by atoms with van der Waals surface area (Å²) in [5.41, 5.74) is 6.18. The van der Waals surface area contributed by atoms with Crippen LogP contribution in [0.25, 0.3) is 11.2 Å². The molecule has 31 heavy (non-hydrogen) atoms. The molecule has 1 aliphatic rings. The SMILES string of the molecule is COC1C(OP(O)(=S)OC(C)(C)C)[C@@H](CC(C)(C)C)O[C@H]1n1cnc2c(N)ncnc21. The van der Waals surface area contributed by atoms with Gasteiger partial charge >= 0.3 is 6.72 Å². The highest BCUT2D eigenvalue weighted by Crippen LogP contribution is 2.53. The van der Waals surface area contributed by atoms with Crippen LogP contribution in [0.1, 0.15) is 54.2 Å². The van der Waals surface area contributed by atoms with Crippen molar-refractivity contribution in [1.29, 1.82) is 0 Å². The molecular formula is C19H32N5O5PS. The highest BCUT2D eigenvalue weighted by atomic mass is 32.5. The molecule has 0 aliphatic carbocycles. The van der Waals surface area contributed by atoms with Crippen LogP contribution < -0.4 is 5.73 Å². The number of ether oxygens (including phenoxy) is 2. The molecule has 2 aromatic rings. The molecule has 12 heteroatoms. The first-order valence-corrected chi connectivity index (χ1v) is 12.6. The molecule has 0 aromatic carbocycles. The van der Waals surface area contributed by atoms with Gasteiger partial charge in [0.15, 0.2) is 17.7 Å². The molecule has 3 rings (SSSR count). The fraction of sp³-hybridized carbons (Fsp3) is 0.737.